The molecule has 19 heavy (non-hydrogen) atoms. The van der Waals surface area contributed by atoms with Crippen molar-refractivity contribution in [3.05, 3.63) is 40.3 Å². The maximum Gasteiger partial charge on any atom is 0.271 e. The van der Waals surface area contributed by atoms with E-state index in [1.54, 1.807) is 0 Å². The third kappa shape index (κ3) is 2.39. The van der Waals surface area contributed by atoms with Crippen LogP contribution in [0.5, 0.6) is 0 Å². The van der Waals surface area contributed by atoms with E-state index in [0.29, 0.717) is 18.3 Å². The zero-order chi connectivity index (χ0) is 13.2. The zero-order valence-corrected chi connectivity index (χ0v) is 11.0. The van der Waals surface area contributed by atoms with Crippen LogP contribution in [-0.2, 0) is 6.54 Å². The second-order valence-corrected chi connectivity index (χ2v) is 4.90. The average Bonchev–Trinajstić information content (AvgIpc) is 2.36. The highest BCUT2D eigenvalue weighted by Gasteiger charge is 2.24. The fraction of sp³-hybridized carbons (Fsp3) is 0.429. The van der Waals surface area contributed by atoms with Gasteiger partial charge < -0.3 is 10.3 Å². The summed E-state index contributed by atoms with van der Waals surface area (Å²) in [5, 5.41) is 3.26. The van der Waals surface area contributed by atoms with Gasteiger partial charge in [0.15, 0.2) is 0 Å². The van der Waals surface area contributed by atoms with E-state index in [1.165, 1.54) is 0 Å². The van der Waals surface area contributed by atoms with Crippen LogP contribution in [0.3, 0.4) is 0 Å². The van der Waals surface area contributed by atoms with Crippen molar-refractivity contribution in [1.29, 1.82) is 0 Å². The molecule has 3 rings (SSSR count). The number of likely N-dealkylation sites (N-methyl/N-ethyl adjacent to an activating group) is 1. The number of nitrogens with one attached hydrogen (secondary N) is 2. The summed E-state index contributed by atoms with van der Waals surface area (Å²) in [7, 11) is 0. The van der Waals surface area contributed by atoms with Crippen LogP contribution in [0.4, 0.5) is 0 Å². The molecule has 100 valence electrons. The molecule has 0 saturated carbocycles. The van der Waals surface area contributed by atoms with Crippen LogP contribution in [0.25, 0.3) is 11.0 Å². The summed E-state index contributed by atoms with van der Waals surface area (Å²) >= 11 is 0. The lowest BCUT2D eigenvalue weighted by atomic mass is 10.1. The minimum Gasteiger partial charge on any atom is -0.319 e. The van der Waals surface area contributed by atoms with Gasteiger partial charge in [0, 0.05) is 25.7 Å². The highest BCUT2D eigenvalue weighted by molar-refractivity contribution is 5.73. The molecule has 2 heterocycles. The van der Waals surface area contributed by atoms with E-state index in [1.807, 2.05) is 24.3 Å². The number of hydrogen-bond donors (Lipinski definition) is 2. The monoisotopic (exact) mass is 258 g/mol. The summed E-state index contributed by atoms with van der Waals surface area (Å²) in [5.41, 5.74) is 2.17. The molecule has 0 amide bonds. The predicted molar refractivity (Wildman–Crippen MR) is 75.1 cm³/mol. The Morgan fingerprint density at radius 1 is 1.37 bits per heavy atom. The molecular weight excluding hydrogens is 240 g/mol. The molecule has 2 N–H and O–H groups in total. The third-order valence-electron chi connectivity index (χ3n) is 3.71. The maximum absolute atomic E-state index is 12.1. The molecule has 1 aliphatic rings. The Balaban J connectivity index is 1.91. The van der Waals surface area contributed by atoms with E-state index < -0.39 is 0 Å². The predicted octanol–water partition coefficient (Wildman–Crippen LogP) is 0.717. The van der Waals surface area contributed by atoms with Crippen LogP contribution in [0.1, 0.15) is 12.6 Å². The van der Waals surface area contributed by atoms with Gasteiger partial charge >= 0.3 is 0 Å². The van der Waals surface area contributed by atoms with Gasteiger partial charge in [0.1, 0.15) is 5.69 Å². The van der Waals surface area contributed by atoms with Crippen molar-refractivity contribution in [3.8, 4) is 0 Å². The van der Waals surface area contributed by atoms with Crippen molar-refractivity contribution in [3.63, 3.8) is 0 Å². The van der Waals surface area contributed by atoms with E-state index in [-0.39, 0.29) is 5.56 Å². The van der Waals surface area contributed by atoms with Crippen molar-refractivity contribution >= 4 is 11.0 Å². The molecule has 0 spiro atoms. The summed E-state index contributed by atoms with van der Waals surface area (Å²) in [4.78, 5) is 21.7. The Morgan fingerprint density at radius 3 is 2.84 bits per heavy atom. The van der Waals surface area contributed by atoms with E-state index in [4.69, 9.17) is 0 Å². The first-order valence-corrected chi connectivity index (χ1v) is 6.70. The van der Waals surface area contributed by atoms with E-state index >= 15 is 0 Å². The number of nitrogens with zero attached hydrogens (tertiary/aromatic N) is 2. The lowest BCUT2D eigenvalue weighted by molar-refractivity contribution is 0.143. The minimum atomic E-state index is -0.0792. The molecule has 1 aliphatic heterocycles. The van der Waals surface area contributed by atoms with Gasteiger partial charge in [-0.2, -0.15) is 0 Å². The van der Waals surface area contributed by atoms with Crippen LogP contribution >= 0.6 is 0 Å². The highest BCUT2D eigenvalue weighted by Crippen LogP contribution is 2.10. The largest absolute Gasteiger partial charge is 0.319 e. The number of fused-ring (bicyclic) bond motifs is 1. The van der Waals surface area contributed by atoms with Gasteiger partial charge in [-0.15, -0.1) is 0 Å². The summed E-state index contributed by atoms with van der Waals surface area (Å²) in [6.45, 7) is 5.66. The van der Waals surface area contributed by atoms with Crippen LogP contribution < -0.4 is 10.9 Å². The first kappa shape index (κ1) is 12.3. The van der Waals surface area contributed by atoms with Crippen LogP contribution in [0.15, 0.2) is 29.1 Å². The van der Waals surface area contributed by atoms with Gasteiger partial charge in [-0.3, -0.25) is 9.69 Å². The Kier molecular flexibility index (Phi) is 3.31. The van der Waals surface area contributed by atoms with Crippen molar-refractivity contribution in [2.75, 3.05) is 19.6 Å². The molecule has 1 fully saturated rings. The molecule has 1 saturated heterocycles. The average molecular weight is 258 g/mol. The Labute approximate surface area is 111 Å². The number of rotatable bonds is 4. The fourth-order valence-corrected chi connectivity index (χ4v) is 2.40. The quantitative estimate of drug-likeness (QED) is 0.848. The van der Waals surface area contributed by atoms with Gasteiger partial charge in [-0.05, 0) is 18.7 Å². The smallest absolute Gasteiger partial charge is 0.271 e. The number of benzene rings is 1. The first-order valence-electron chi connectivity index (χ1n) is 6.70. The normalized spacial score (nSPS) is 15.9. The van der Waals surface area contributed by atoms with Crippen molar-refractivity contribution < 1.29 is 0 Å². The van der Waals surface area contributed by atoms with Gasteiger partial charge in [0.25, 0.3) is 5.56 Å². The highest BCUT2D eigenvalue weighted by atomic mass is 16.1. The van der Waals surface area contributed by atoms with Crippen LogP contribution in [0, 0.1) is 0 Å². The number of para-hydroxylation sites is 2. The molecule has 0 bridgehead atoms. The number of hydrogen-bond acceptors (Lipinski definition) is 4. The summed E-state index contributed by atoms with van der Waals surface area (Å²) in [6.07, 6.45) is 0. The van der Waals surface area contributed by atoms with E-state index in [0.717, 1.165) is 30.7 Å². The molecular formula is C14H18N4O. The van der Waals surface area contributed by atoms with Crippen molar-refractivity contribution in [2.45, 2.75) is 19.5 Å². The zero-order valence-electron chi connectivity index (χ0n) is 11.0. The molecule has 0 atom stereocenters. The van der Waals surface area contributed by atoms with Gasteiger partial charge in [-0.1, -0.05) is 19.1 Å². The van der Waals surface area contributed by atoms with E-state index in [2.05, 4.69) is 27.1 Å². The molecule has 2 aromatic rings. The van der Waals surface area contributed by atoms with Crippen LogP contribution in [-0.4, -0.2) is 40.5 Å². The lowest BCUT2D eigenvalue weighted by Gasteiger charge is -2.37. The van der Waals surface area contributed by atoms with Gasteiger partial charge in [0.2, 0.25) is 0 Å². The van der Waals surface area contributed by atoms with Crippen LogP contribution in [0.2, 0.25) is 0 Å². The van der Waals surface area contributed by atoms with Gasteiger partial charge in [-0.25, -0.2) is 4.98 Å². The molecule has 0 radical (unpaired) electrons. The van der Waals surface area contributed by atoms with Crippen molar-refractivity contribution in [1.82, 2.24) is 20.2 Å². The second-order valence-electron chi connectivity index (χ2n) is 4.90. The number of H-pyrrole nitrogens is 1. The minimum absolute atomic E-state index is 0.0792. The van der Waals surface area contributed by atoms with E-state index in [9.17, 15) is 4.79 Å². The Hall–Kier alpha value is -1.72. The summed E-state index contributed by atoms with van der Waals surface area (Å²) in [6, 6.07) is 8.16. The molecule has 1 aromatic carbocycles. The molecule has 1 aromatic heterocycles. The molecule has 5 heteroatoms. The van der Waals surface area contributed by atoms with Gasteiger partial charge in [0.05, 0.1) is 11.0 Å². The van der Waals surface area contributed by atoms with Crippen molar-refractivity contribution in [2.24, 2.45) is 0 Å². The Bertz CT molecular complexity index is 633. The second kappa shape index (κ2) is 5.11. The Morgan fingerprint density at radius 2 is 2.16 bits per heavy atom. The molecule has 0 unspecified atom stereocenters. The maximum atomic E-state index is 12.1. The lowest BCUT2D eigenvalue weighted by Crippen LogP contribution is -2.57. The standard InChI is InChI=1S/C14H18N4O/c1-2-18(10-7-15-8-10)9-13-14(19)17-12-6-4-3-5-11(12)16-13/h3-6,10,15H,2,7-9H2,1H3,(H,17,19). The summed E-state index contributed by atoms with van der Waals surface area (Å²) in [5.74, 6) is 0. The molecule has 0 aliphatic carbocycles. The topological polar surface area (TPSA) is 61.0 Å². The molecule has 5 nitrogen and oxygen atoms in total. The third-order valence-corrected chi connectivity index (χ3v) is 3.71. The summed E-state index contributed by atoms with van der Waals surface area (Å²) < 4.78 is 0. The number of aromatic amines is 1. The SMILES string of the molecule is CCN(Cc1nc2ccccc2[nH]c1=O)C1CNC1. The fourth-order valence-electron chi connectivity index (χ4n) is 2.40. The number of aromatic nitrogens is 2. The first-order chi connectivity index (χ1) is 9.28.